The second-order valence-corrected chi connectivity index (χ2v) is 6.76. The molecule has 2 bridgehead atoms. The van der Waals surface area contributed by atoms with Gasteiger partial charge >= 0.3 is 0 Å². The molecule has 92 valence electrons. The van der Waals surface area contributed by atoms with Crippen LogP contribution in [0.5, 0.6) is 0 Å². The average Bonchev–Trinajstić information content (AvgIpc) is 2.84. The third kappa shape index (κ3) is 2.12. The highest BCUT2D eigenvalue weighted by Crippen LogP contribution is 2.46. The lowest BCUT2D eigenvalue weighted by Crippen LogP contribution is -2.26. The van der Waals surface area contributed by atoms with Gasteiger partial charge in [0.25, 0.3) is 0 Å². The van der Waals surface area contributed by atoms with Crippen molar-refractivity contribution in [2.45, 2.75) is 45.6 Å². The summed E-state index contributed by atoms with van der Waals surface area (Å²) in [6, 6.07) is 5.15. The molecule has 2 aliphatic carbocycles. The Morgan fingerprint density at radius 3 is 2.35 bits per heavy atom. The van der Waals surface area contributed by atoms with Crippen LogP contribution in [0.3, 0.4) is 0 Å². The summed E-state index contributed by atoms with van der Waals surface area (Å²) in [4.78, 5) is 0. The highest BCUT2D eigenvalue weighted by Gasteiger charge is 2.39. The molecule has 17 heavy (non-hydrogen) atoms. The van der Waals surface area contributed by atoms with Gasteiger partial charge in [0.15, 0.2) is 0 Å². The van der Waals surface area contributed by atoms with Crippen molar-refractivity contribution < 1.29 is 0 Å². The fourth-order valence-corrected chi connectivity index (χ4v) is 4.43. The quantitative estimate of drug-likeness (QED) is 0.836. The Bertz CT molecular complexity index is 418. The maximum absolute atomic E-state index is 3.82. The van der Waals surface area contributed by atoms with Gasteiger partial charge in [-0.15, -0.1) is 0 Å². The zero-order valence-corrected chi connectivity index (χ0v) is 12.2. The number of aryl methyl sites for hydroxylation is 2. The summed E-state index contributed by atoms with van der Waals surface area (Å²) in [6.45, 7) is 4.40. The number of anilines is 1. The van der Waals surface area contributed by atoms with Gasteiger partial charge in [-0.05, 0) is 68.2 Å². The van der Waals surface area contributed by atoms with Crippen LogP contribution in [-0.4, -0.2) is 6.04 Å². The predicted octanol–water partition coefficient (Wildman–Crippen LogP) is 4.67. The second kappa shape index (κ2) is 4.31. The summed E-state index contributed by atoms with van der Waals surface area (Å²) in [5, 5.41) is 3.82. The van der Waals surface area contributed by atoms with E-state index in [0.717, 1.165) is 17.9 Å². The van der Waals surface area contributed by atoms with E-state index in [9.17, 15) is 0 Å². The fourth-order valence-electron chi connectivity index (χ4n) is 3.75. The SMILES string of the molecule is Cc1cc(Br)cc(C)c1NC1CC2CCC1C2. The Balaban J connectivity index is 1.81. The zero-order valence-electron chi connectivity index (χ0n) is 10.6. The lowest BCUT2D eigenvalue weighted by atomic mass is 9.94. The van der Waals surface area contributed by atoms with Crippen molar-refractivity contribution in [2.75, 3.05) is 5.32 Å². The molecular weight excluding hydrogens is 274 g/mol. The van der Waals surface area contributed by atoms with Crippen molar-refractivity contribution in [3.05, 3.63) is 27.7 Å². The number of rotatable bonds is 2. The van der Waals surface area contributed by atoms with Crippen molar-refractivity contribution in [1.29, 1.82) is 0 Å². The predicted molar refractivity (Wildman–Crippen MR) is 76.5 cm³/mol. The van der Waals surface area contributed by atoms with E-state index in [0.29, 0.717) is 0 Å². The summed E-state index contributed by atoms with van der Waals surface area (Å²) in [5.74, 6) is 1.94. The zero-order chi connectivity index (χ0) is 12.0. The van der Waals surface area contributed by atoms with Crippen molar-refractivity contribution >= 4 is 21.6 Å². The normalized spacial score (nSPS) is 30.9. The van der Waals surface area contributed by atoms with Crippen LogP contribution in [0.15, 0.2) is 16.6 Å². The second-order valence-electron chi connectivity index (χ2n) is 5.84. The highest BCUT2D eigenvalue weighted by molar-refractivity contribution is 9.10. The van der Waals surface area contributed by atoms with E-state index in [1.54, 1.807) is 0 Å². The van der Waals surface area contributed by atoms with Crippen molar-refractivity contribution in [3.8, 4) is 0 Å². The van der Waals surface area contributed by atoms with Gasteiger partial charge in [0, 0.05) is 16.2 Å². The number of nitrogens with one attached hydrogen (secondary N) is 1. The number of hydrogen-bond acceptors (Lipinski definition) is 1. The van der Waals surface area contributed by atoms with E-state index in [1.807, 2.05) is 0 Å². The number of halogens is 1. The van der Waals surface area contributed by atoms with Crippen LogP contribution >= 0.6 is 15.9 Å². The maximum Gasteiger partial charge on any atom is 0.0402 e. The summed E-state index contributed by atoms with van der Waals surface area (Å²) >= 11 is 3.56. The van der Waals surface area contributed by atoms with Gasteiger partial charge in [-0.3, -0.25) is 0 Å². The first kappa shape index (κ1) is 11.6. The van der Waals surface area contributed by atoms with Gasteiger partial charge in [0.1, 0.15) is 0 Å². The van der Waals surface area contributed by atoms with E-state index in [1.165, 1.54) is 47.0 Å². The van der Waals surface area contributed by atoms with Gasteiger partial charge in [0.05, 0.1) is 0 Å². The first-order chi connectivity index (χ1) is 8.13. The third-order valence-electron chi connectivity index (χ3n) is 4.57. The molecular formula is C15H20BrN. The minimum atomic E-state index is 0.729. The van der Waals surface area contributed by atoms with Gasteiger partial charge < -0.3 is 5.32 Å². The van der Waals surface area contributed by atoms with Gasteiger partial charge in [-0.1, -0.05) is 22.4 Å². The van der Waals surface area contributed by atoms with Crippen LogP contribution in [0.1, 0.15) is 36.8 Å². The molecule has 0 radical (unpaired) electrons. The number of hydrogen-bond donors (Lipinski definition) is 1. The molecule has 0 heterocycles. The summed E-state index contributed by atoms with van der Waals surface area (Å²) in [6.07, 6.45) is 5.77. The van der Waals surface area contributed by atoms with E-state index >= 15 is 0 Å². The molecule has 0 amide bonds. The Labute approximate surface area is 112 Å². The lowest BCUT2D eigenvalue weighted by molar-refractivity contribution is 0.439. The fraction of sp³-hybridized carbons (Fsp3) is 0.600. The van der Waals surface area contributed by atoms with Crippen LogP contribution < -0.4 is 5.32 Å². The highest BCUT2D eigenvalue weighted by atomic mass is 79.9. The van der Waals surface area contributed by atoms with E-state index in [2.05, 4.69) is 47.2 Å². The van der Waals surface area contributed by atoms with E-state index in [-0.39, 0.29) is 0 Å². The standard InChI is InChI=1S/C15H20BrN/c1-9-5-13(16)6-10(2)15(9)17-14-8-11-3-4-12(14)7-11/h5-6,11-12,14,17H,3-4,7-8H2,1-2H3. The molecule has 3 rings (SSSR count). The minimum absolute atomic E-state index is 0.729. The molecule has 0 aliphatic heterocycles. The van der Waals surface area contributed by atoms with E-state index in [4.69, 9.17) is 0 Å². The molecule has 2 saturated carbocycles. The topological polar surface area (TPSA) is 12.0 Å². The first-order valence-corrected chi connectivity index (χ1v) is 7.46. The molecule has 0 saturated heterocycles. The molecule has 2 fully saturated rings. The number of fused-ring (bicyclic) bond motifs is 2. The Morgan fingerprint density at radius 1 is 1.12 bits per heavy atom. The van der Waals surface area contributed by atoms with Crippen molar-refractivity contribution in [2.24, 2.45) is 11.8 Å². The Morgan fingerprint density at radius 2 is 1.82 bits per heavy atom. The van der Waals surface area contributed by atoms with Crippen molar-refractivity contribution in [3.63, 3.8) is 0 Å². The van der Waals surface area contributed by atoms with Crippen LogP contribution in [0.4, 0.5) is 5.69 Å². The van der Waals surface area contributed by atoms with Crippen LogP contribution in [-0.2, 0) is 0 Å². The molecule has 1 N–H and O–H groups in total. The largest absolute Gasteiger partial charge is 0.382 e. The van der Waals surface area contributed by atoms with Gasteiger partial charge in [-0.2, -0.15) is 0 Å². The first-order valence-electron chi connectivity index (χ1n) is 6.67. The lowest BCUT2D eigenvalue weighted by Gasteiger charge is -2.26. The molecule has 1 nitrogen and oxygen atoms in total. The summed E-state index contributed by atoms with van der Waals surface area (Å²) in [5.41, 5.74) is 4.09. The molecule has 3 atom stereocenters. The summed E-state index contributed by atoms with van der Waals surface area (Å²) < 4.78 is 1.19. The Kier molecular flexibility index (Phi) is 2.94. The number of benzene rings is 1. The van der Waals surface area contributed by atoms with Gasteiger partial charge in [-0.25, -0.2) is 0 Å². The molecule has 0 aromatic heterocycles. The smallest absolute Gasteiger partial charge is 0.0402 e. The molecule has 2 heteroatoms. The average molecular weight is 294 g/mol. The Hall–Kier alpha value is -0.500. The van der Waals surface area contributed by atoms with Crippen LogP contribution in [0.25, 0.3) is 0 Å². The van der Waals surface area contributed by atoms with Gasteiger partial charge in [0.2, 0.25) is 0 Å². The van der Waals surface area contributed by atoms with E-state index < -0.39 is 0 Å². The maximum atomic E-state index is 3.82. The molecule has 3 unspecified atom stereocenters. The minimum Gasteiger partial charge on any atom is -0.382 e. The summed E-state index contributed by atoms with van der Waals surface area (Å²) in [7, 11) is 0. The van der Waals surface area contributed by atoms with Crippen LogP contribution in [0.2, 0.25) is 0 Å². The molecule has 0 spiro atoms. The van der Waals surface area contributed by atoms with Crippen molar-refractivity contribution in [1.82, 2.24) is 0 Å². The molecule has 2 aliphatic rings. The molecule has 1 aromatic rings. The van der Waals surface area contributed by atoms with Crippen LogP contribution in [0, 0.1) is 25.7 Å². The molecule has 1 aromatic carbocycles. The monoisotopic (exact) mass is 293 g/mol. The third-order valence-corrected chi connectivity index (χ3v) is 5.02.